The Morgan fingerprint density at radius 3 is 2.23 bits per heavy atom. The summed E-state index contributed by atoms with van der Waals surface area (Å²) in [6.45, 7) is 12.5. The van der Waals surface area contributed by atoms with E-state index in [-0.39, 0.29) is 0 Å². The highest BCUT2D eigenvalue weighted by Gasteiger charge is 2.31. The number of aromatic nitrogens is 1. The number of rotatable bonds is 4. The fourth-order valence-electron chi connectivity index (χ4n) is 3.77. The highest BCUT2D eigenvalue weighted by atomic mass is 32.2. The second-order valence-electron chi connectivity index (χ2n) is 7.87. The summed E-state index contributed by atoms with van der Waals surface area (Å²) in [4.78, 5) is 10.2. The van der Waals surface area contributed by atoms with Crippen LogP contribution >= 0.6 is 22.7 Å². The Bertz CT molecular complexity index is 1170. The second-order valence-corrected chi connectivity index (χ2v) is 12.2. The number of benzene rings is 1. The van der Waals surface area contributed by atoms with Gasteiger partial charge >= 0.3 is 0 Å². The van der Waals surface area contributed by atoms with Crippen LogP contribution in [0.15, 0.2) is 29.2 Å². The average molecular weight is 462 g/mol. The van der Waals surface area contributed by atoms with E-state index in [0.29, 0.717) is 31.1 Å². The number of thiazole rings is 1. The van der Waals surface area contributed by atoms with Crippen LogP contribution < -0.4 is 4.90 Å². The zero-order valence-electron chi connectivity index (χ0n) is 18.0. The van der Waals surface area contributed by atoms with Crippen molar-refractivity contribution in [2.24, 2.45) is 0 Å². The van der Waals surface area contributed by atoms with E-state index in [1.165, 1.54) is 33.0 Å². The Hall–Kier alpha value is -1.74. The highest BCUT2D eigenvalue weighted by Crippen LogP contribution is 2.37. The van der Waals surface area contributed by atoms with Crippen molar-refractivity contribution in [2.75, 3.05) is 31.1 Å². The van der Waals surface area contributed by atoms with Gasteiger partial charge in [0.2, 0.25) is 10.0 Å². The quantitative estimate of drug-likeness (QED) is 0.553. The van der Waals surface area contributed by atoms with Crippen LogP contribution in [0.5, 0.6) is 0 Å². The van der Waals surface area contributed by atoms with Crippen molar-refractivity contribution < 1.29 is 8.42 Å². The van der Waals surface area contributed by atoms with Crippen LogP contribution in [-0.4, -0.2) is 43.9 Å². The molecule has 3 heterocycles. The Balaban J connectivity index is 1.54. The topological polar surface area (TPSA) is 53.5 Å². The van der Waals surface area contributed by atoms with Gasteiger partial charge in [0.25, 0.3) is 0 Å². The Morgan fingerprint density at radius 2 is 1.60 bits per heavy atom. The molecule has 5 nitrogen and oxygen atoms in total. The Morgan fingerprint density at radius 1 is 0.900 bits per heavy atom. The maximum absolute atomic E-state index is 13.4. The summed E-state index contributed by atoms with van der Waals surface area (Å²) in [6.07, 6.45) is 0. The zero-order chi connectivity index (χ0) is 21.6. The summed E-state index contributed by atoms with van der Waals surface area (Å²) >= 11 is 3.13. The molecule has 0 N–H and O–H groups in total. The van der Waals surface area contributed by atoms with Gasteiger partial charge in [-0.3, -0.25) is 0 Å². The van der Waals surface area contributed by atoms with E-state index in [2.05, 4.69) is 41.9 Å². The highest BCUT2D eigenvalue weighted by molar-refractivity contribution is 7.89. The number of hydrogen-bond donors (Lipinski definition) is 0. The monoisotopic (exact) mass is 461 g/mol. The molecule has 1 saturated heterocycles. The summed E-state index contributed by atoms with van der Waals surface area (Å²) < 4.78 is 28.4. The molecule has 0 amide bonds. The van der Waals surface area contributed by atoms with Crippen LogP contribution in [0.2, 0.25) is 0 Å². The minimum Gasteiger partial charge on any atom is -0.369 e. The normalized spacial score (nSPS) is 15.7. The van der Waals surface area contributed by atoms with Gasteiger partial charge in [-0.05, 0) is 57.9 Å². The molecular formula is C22H27N3O2S3. The lowest BCUT2D eigenvalue weighted by Gasteiger charge is -2.36. The number of aryl methyl sites for hydroxylation is 5. The standard InChI is InChI=1S/C22H27N3O2S3/c1-14-6-7-15(2)19(12-14)24-8-10-25(11-9-24)30(26,27)21-13-20(28-18(21)5)22-23-16(3)17(4)29-22/h6-7,12-13H,8-11H2,1-5H3. The lowest BCUT2D eigenvalue weighted by atomic mass is 10.1. The van der Waals surface area contributed by atoms with Crippen molar-refractivity contribution >= 4 is 38.4 Å². The van der Waals surface area contributed by atoms with Crippen LogP contribution in [0.25, 0.3) is 9.88 Å². The van der Waals surface area contributed by atoms with Gasteiger partial charge in [0.1, 0.15) is 5.01 Å². The summed E-state index contributed by atoms with van der Waals surface area (Å²) in [7, 11) is -3.51. The molecule has 1 fully saturated rings. The Kier molecular flexibility index (Phi) is 5.78. The largest absolute Gasteiger partial charge is 0.369 e. The number of nitrogens with zero attached hydrogens (tertiary/aromatic N) is 3. The van der Waals surface area contributed by atoms with Crippen LogP contribution in [0.3, 0.4) is 0 Å². The number of hydrogen-bond acceptors (Lipinski definition) is 6. The molecule has 4 rings (SSSR count). The van der Waals surface area contributed by atoms with Crippen molar-refractivity contribution in [3.05, 3.63) is 50.8 Å². The van der Waals surface area contributed by atoms with E-state index in [4.69, 9.17) is 0 Å². The lowest BCUT2D eigenvalue weighted by Crippen LogP contribution is -2.48. The van der Waals surface area contributed by atoms with Gasteiger partial charge < -0.3 is 4.90 Å². The third-order valence-electron chi connectivity index (χ3n) is 5.67. The summed E-state index contributed by atoms with van der Waals surface area (Å²) in [5.74, 6) is 0. The number of thiophene rings is 1. The van der Waals surface area contributed by atoms with Crippen LogP contribution in [0, 0.1) is 34.6 Å². The Labute approximate surface area is 187 Å². The van der Waals surface area contributed by atoms with E-state index >= 15 is 0 Å². The van der Waals surface area contributed by atoms with Gasteiger partial charge in [-0.15, -0.1) is 22.7 Å². The predicted molar refractivity (Wildman–Crippen MR) is 127 cm³/mol. The second kappa shape index (κ2) is 8.07. The lowest BCUT2D eigenvalue weighted by molar-refractivity contribution is 0.384. The molecule has 0 atom stereocenters. The van der Waals surface area contributed by atoms with E-state index in [1.807, 2.05) is 26.8 Å². The van der Waals surface area contributed by atoms with Gasteiger partial charge in [-0.25, -0.2) is 13.4 Å². The number of sulfonamides is 1. The zero-order valence-corrected chi connectivity index (χ0v) is 20.5. The molecule has 1 aliphatic heterocycles. The van der Waals surface area contributed by atoms with E-state index < -0.39 is 10.0 Å². The van der Waals surface area contributed by atoms with Crippen molar-refractivity contribution in [3.63, 3.8) is 0 Å². The third kappa shape index (κ3) is 3.93. The van der Waals surface area contributed by atoms with E-state index in [1.54, 1.807) is 15.6 Å². The summed E-state index contributed by atoms with van der Waals surface area (Å²) in [6, 6.07) is 8.24. The first-order valence-electron chi connectivity index (χ1n) is 10.0. The van der Waals surface area contributed by atoms with Gasteiger partial charge in [-0.1, -0.05) is 12.1 Å². The minimum atomic E-state index is -3.51. The van der Waals surface area contributed by atoms with Crippen molar-refractivity contribution in [3.8, 4) is 9.88 Å². The molecule has 2 aromatic heterocycles. The molecule has 0 saturated carbocycles. The fourth-order valence-corrected chi connectivity index (χ4v) is 7.72. The van der Waals surface area contributed by atoms with Gasteiger partial charge in [0.05, 0.1) is 15.5 Å². The first kappa shape index (κ1) is 21.5. The van der Waals surface area contributed by atoms with Crippen LogP contribution in [-0.2, 0) is 10.0 Å². The van der Waals surface area contributed by atoms with Crippen molar-refractivity contribution in [2.45, 2.75) is 39.5 Å². The average Bonchev–Trinajstić information content (AvgIpc) is 3.26. The molecule has 160 valence electrons. The predicted octanol–water partition coefficient (Wildman–Crippen LogP) is 4.92. The molecule has 1 aliphatic rings. The maximum atomic E-state index is 13.4. The summed E-state index contributed by atoms with van der Waals surface area (Å²) in [5, 5.41) is 0.902. The van der Waals surface area contributed by atoms with Crippen molar-refractivity contribution in [1.82, 2.24) is 9.29 Å². The van der Waals surface area contributed by atoms with Gasteiger partial charge in [-0.2, -0.15) is 4.31 Å². The molecule has 0 spiro atoms. The maximum Gasteiger partial charge on any atom is 0.244 e. The molecule has 30 heavy (non-hydrogen) atoms. The number of anilines is 1. The summed E-state index contributed by atoms with van der Waals surface area (Å²) in [5.41, 5.74) is 4.66. The first-order valence-corrected chi connectivity index (χ1v) is 13.1. The van der Waals surface area contributed by atoms with Crippen LogP contribution in [0.4, 0.5) is 5.69 Å². The van der Waals surface area contributed by atoms with Gasteiger partial charge in [0.15, 0.2) is 0 Å². The van der Waals surface area contributed by atoms with E-state index in [9.17, 15) is 8.42 Å². The smallest absolute Gasteiger partial charge is 0.244 e. The fraction of sp³-hybridized carbons (Fsp3) is 0.409. The molecule has 3 aromatic rings. The first-order chi connectivity index (χ1) is 14.2. The molecular weight excluding hydrogens is 434 g/mol. The minimum absolute atomic E-state index is 0.424. The third-order valence-corrected chi connectivity index (χ3v) is 10.1. The molecule has 1 aromatic carbocycles. The molecule has 0 aliphatic carbocycles. The van der Waals surface area contributed by atoms with E-state index in [0.717, 1.165) is 20.5 Å². The molecule has 8 heteroatoms. The number of piperazine rings is 1. The SMILES string of the molecule is Cc1ccc(C)c(N2CCN(S(=O)(=O)c3cc(-c4nc(C)c(C)s4)sc3C)CC2)c1. The molecule has 0 unspecified atom stereocenters. The van der Waals surface area contributed by atoms with Gasteiger partial charge in [0, 0.05) is 41.6 Å². The molecule has 0 radical (unpaired) electrons. The van der Waals surface area contributed by atoms with Crippen LogP contribution in [0.1, 0.15) is 26.6 Å². The molecule has 0 bridgehead atoms. The van der Waals surface area contributed by atoms with Crippen molar-refractivity contribution in [1.29, 1.82) is 0 Å².